The lowest BCUT2D eigenvalue weighted by Gasteiger charge is -2.12. The quantitative estimate of drug-likeness (QED) is 0.761. The molecule has 0 heterocycles. The van der Waals surface area contributed by atoms with E-state index in [1.54, 1.807) is 18.2 Å². The van der Waals surface area contributed by atoms with Crippen molar-refractivity contribution >= 4 is 12.8 Å². The second-order valence-corrected chi connectivity index (χ2v) is 4.16. The highest BCUT2D eigenvalue weighted by Gasteiger charge is 2.10. The number of rotatable bonds is 6. The van der Waals surface area contributed by atoms with Gasteiger partial charge < -0.3 is 9.47 Å². The molecule has 2 aromatic carbocycles. The molecule has 0 spiro atoms. The molecule has 4 nitrogen and oxygen atoms in total. The molecule has 0 bridgehead atoms. The van der Waals surface area contributed by atoms with E-state index < -0.39 is 0 Å². The monoisotopic (exact) mass is 300 g/mol. The molecule has 0 fully saturated rings. The number of aldehydes is 1. The first-order valence-corrected chi connectivity index (χ1v) is 7.13. The maximum absolute atomic E-state index is 10.6. The average Bonchev–Trinajstić information content (AvgIpc) is 2.56. The van der Waals surface area contributed by atoms with Crippen molar-refractivity contribution in [1.82, 2.24) is 0 Å². The van der Waals surface area contributed by atoms with Crippen LogP contribution < -0.4 is 9.47 Å². The van der Waals surface area contributed by atoms with Gasteiger partial charge in [0.2, 0.25) is 0 Å². The van der Waals surface area contributed by atoms with Crippen molar-refractivity contribution in [3.05, 3.63) is 48.0 Å². The van der Waals surface area contributed by atoms with E-state index in [0.29, 0.717) is 24.3 Å². The van der Waals surface area contributed by atoms with Crippen molar-refractivity contribution in [2.75, 3.05) is 6.61 Å². The molecule has 0 unspecified atom stereocenters. The second kappa shape index (κ2) is 9.34. The van der Waals surface area contributed by atoms with Gasteiger partial charge in [0.05, 0.1) is 0 Å². The van der Waals surface area contributed by atoms with Crippen LogP contribution >= 0.6 is 0 Å². The van der Waals surface area contributed by atoms with Gasteiger partial charge in [0.1, 0.15) is 18.1 Å². The minimum atomic E-state index is -0.0375. The molecule has 2 aromatic rings. The summed E-state index contributed by atoms with van der Waals surface area (Å²) in [4.78, 5) is 21.0. The topological polar surface area (TPSA) is 52.6 Å². The minimum absolute atomic E-state index is 0.0375. The second-order valence-electron chi connectivity index (χ2n) is 4.16. The Labute approximate surface area is 130 Å². The molecule has 0 atom stereocenters. The smallest absolute Gasteiger partial charge is 0.298 e. The normalized spacial score (nSPS) is 9.23. The highest BCUT2D eigenvalue weighted by Crippen LogP contribution is 2.34. The molecule has 0 saturated carbocycles. The number of benzene rings is 2. The summed E-state index contributed by atoms with van der Waals surface area (Å²) in [6.45, 7) is 6.32. The standard InChI is InChI=1S/C16H14O4.C2H6/c1-12-4-2-3-5-14(12)15-7-6-13(19-9-8-17)10-16(15)20-11-18;1-2/h2-8,10-11H,9H2,1H3;1-2H3. The van der Waals surface area contributed by atoms with Crippen molar-refractivity contribution in [2.45, 2.75) is 20.8 Å². The fourth-order valence-corrected chi connectivity index (χ4v) is 1.97. The zero-order valence-electron chi connectivity index (χ0n) is 13.0. The van der Waals surface area contributed by atoms with Gasteiger partial charge in [-0.1, -0.05) is 38.1 Å². The number of hydrogen-bond donors (Lipinski definition) is 0. The molecule has 0 N–H and O–H groups in total. The Morgan fingerprint density at radius 1 is 1.00 bits per heavy atom. The molecule has 4 heteroatoms. The van der Waals surface area contributed by atoms with Gasteiger partial charge >= 0.3 is 0 Å². The lowest BCUT2D eigenvalue weighted by Crippen LogP contribution is -1.99. The van der Waals surface area contributed by atoms with E-state index in [2.05, 4.69) is 0 Å². The Morgan fingerprint density at radius 3 is 2.36 bits per heavy atom. The third-order valence-corrected chi connectivity index (χ3v) is 2.88. The molecule has 0 amide bonds. The first kappa shape index (κ1) is 17.4. The summed E-state index contributed by atoms with van der Waals surface area (Å²) in [5.74, 6) is 0.879. The van der Waals surface area contributed by atoms with Crippen molar-refractivity contribution in [3.63, 3.8) is 0 Å². The van der Waals surface area contributed by atoms with E-state index in [9.17, 15) is 9.59 Å². The molecule has 0 aliphatic heterocycles. The van der Waals surface area contributed by atoms with Crippen LogP contribution in [-0.2, 0) is 9.59 Å². The van der Waals surface area contributed by atoms with Gasteiger partial charge in [0.25, 0.3) is 6.47 Å². The van der Waals surface area contributed by atoms with Gasteiger partial charge in [0.15, 0.2) is 6.29 Å². The van der Waals surface area contributed by atoms with E-state index in [1.165, 1.54) is 0 Å². The molecule has 2 rings (SSSR count). The van der Waals surface area contributed by atoms with Gasteiger partial charge in [-0.3, -0.25) is 9.59 Å². The van der Waals surface area contributed by atoms with Crippen LogP contribution in [0.4, 0.5) is 0 Å². The zero-order valence-corrected chi connectivity index (χ0v) is 13.0. The fraction of sp³-hybridized carbons (Fsp3) is 0.222. The Bertz CT molecular complexity index is 620. The Morgan fingerprint density at radius 2 is 1.73 bits per heavy atom. The van der Waals surface area contributed by atoms with Crippen LogP contribution in [0.25, 0.3) is 11.1 Å². The van der Waals surface area contributed by atoms with E-state index in [4.69, 9.17) is 9.47 Å². The number of carbonyl (C=O) groups excluding carboxylic acids is 2. The summed E-state index contributed by atoms with van der Waals surface area (Å²) in [7, 11) is 0. The van der Waals surface area contributed by atoms with Crippen molar-refractivity contribution in [2.24, 2.45) is 0 Å². The van der Waals surface area contributed by atoms with Gasteiger partial charge in [-0.05, 0) is 30.2 Å². The lowest BCUT2D eigenvalue weighted by molar-refractivity contribution is -0.120. The first-order chi connectivity index (χ1) is 10.8. The summed E-state index contributed by atoms with van der Waals surface area (Å²) in [5.41, 5.74) is 2.85. The molecule has 0 aromatic heterocycles. The predicted molar refractivity (Wildman–Crippen MR) is 86.2 cm³/mol. The molecule has 0 radical (unpaired) electrons. The maximum Gasteiger partial charge on any atom is 0.298 e. The minimum Gasteiger partial charge on any atom is -0.486 e. The Hall–Kier alpha value is -2.62. The summed E-state index contributed by atoms with van der Waals surface area (Å²) < 4.78 is 10.2. The summed E-state index contributed by atoms with van der Waals surface area (Å²) in [6, 6.07) is 12.9. The highest BCUT2D eigenvalue weighted by atomic mass is 16.5. The highest BCUT2D eigenvalue weighted by molar-refractivity contribution is 5.75. The van der Waals surface area contributed by atoms with E-state index in [1.807, 2.05) is 45.0 Å². The van der Waals surface area contributed by atoms with Crippen LogP contribution in [0.5, 0.6) is 11.5 Å². The number of ether oxygens (including phenoxy) is 2. The third-order valence-electron chi connectivity index (χ3n) is 2.88. The van der Waals surface area contributed by atoms with E-state index in [-0.39, 0.29) is 6.61 Å². The zero-order chi connectivity index (χ0) is 16.4. The van der Waals surface area contributed by atoms with Crippen LogP contribution in [-0.4, -0.2) is 19.4 Å². The predicted octanol–water partition coefficient (Wildman–Crippen LogP) is 3.80. The third kappa shape index (κ3) is 4.45. The van der Waals surface area contributed by atoms with Gasteiger partial charge in [-0.15, -0.1) is 0 Å². The van der Waals surface area contributed by atoms with Gasteiger partial charge in [0, 0.05) is 11.6 Å². The lowest BCUT2D eigenvalue weighted by atomic mass is 10.00. The summed E-state index contributed by atoms with van der Waals surface area (Å²) in [6.07, 6.45) is 0.662. The Kier molecular flexibility index (Phi) is 7.40. The molecule has 0 saturated heterocycles. The van der Waals surface area contributed by atoms with Crippen molar-refractivity contribution in [1.29, 1.82) is 0 Å². The first-order valence-electron chi connectivity index (χ1n) is 7.13. The molecule has 116 valence electrons. The maximum atomic E-state index is 10.6. The largest absolute Gasteiger partial charge is 0.486 e. The van der Waals surface area contributed by atoms with E-state index in [0.717, 1.165) is 16.7 Å². The molecule has 0 aliphatic carbocycles. The van der Waals surface area contributed by atoms with Crippen LogP contribution in [0.1, 0.15) is 19.4 Å². The fourth-order valence-electron chi connectivity index (χ4n) is 1.97. The average molecular weight is 300 g/mol. The Balaban J connectivity index is 0.00000116. The van der Waals surface area contributed by atoms with Crippen molar-refractivity contribution < 1.29 is 19.1 Å². The van der Waals surface area contributed by atoms with Crippen LogP contribution in [0, 0.1) is 6.92 Å². The molecule has 22 heavy (non-hydrogen) atoms. The van der Waals surface area contributed by atoms with Crippen LogP contribution in [0.3, 0.4) is 0 Å². The number of hydrogen-bond acceptors (Lipinski definition) is 4. The molecular weight excluding hydrogens is 280 g/mol. The van der Waals surface area contributed by atoms with Crippen LogP contribution in [0.15, 0.2) is 42.5 Å². The molecule has 0 aliphatic rings. The number of aryl methyl sites for hydroxylation is 1. The summed E-state index contributed by atoms with van der Waals surface area (Å²) in [5, 5.41) is 0. The van der Waals surface area contributed by atoms with E-state index >= 15 is 0 Å². The van der Waals surface area contributed by atoms with Gasteiger partial charge in [-0.2, -0.15) is 0 Å². The van der Waals surface area contributed by atoms with Crippen LogP contribution in [0.2, 0.25) is 0 Å². The SMILES string of the molecule is CC.Cc1ccccc1-c1ccc(OCC=O)cc1OC=O. The van der Waals surface area contributed by atoms with Gasteiger partial charge in [-0.25, -0.2) is 0 Å². The van der Waals surface area contributed by atoms with Crippen molar-refractivity contribution in [3.8, 4) is 22.6 Å². The summed E-state index contributed by atoms with van der Waals surface area (Å²) >= 11 is 0. The molecular formula is C18H20O4. The number of carbonyl (C=O) groups is 2.